The fourth-order valence-corrected chi connectivity index (χ4v) is 4.99. The van der Waals surface area contributed by atoms with Crippen LogP contribution in [0.1, 0.15) is 24.8 Å². The van der Waals surface area contributed by atoms with Crippen molar-refractivity contribution < 1.29 is 13.2 Å². The van der Waals surface area contributed by atoms with Gasteiger partial charge in [0.1, 0.15) is 6.04 Å². The molecule has 1 amide bonds. The van der Waals surface area contributed by atoms with Gasteiger partial charge in [0.25, 0.3) is 0 Å². The standard InChI is InChI=1S/C19H21ClN2O3S/c1-14-16(20)10-7-11-17(14)21-19(23)18-12-5-6-13-22(18)26(24,25)15-8-3-2-4-9-15/h2-4,7-11,18H,5-6,12-13H2,1H3,(H,21,23). The molecular weight excluding hydrogens is 372 g/mol. The molecule has 26 heavy (non-hydrogen) atoms. The number of hydrogen-bond donors (Lipinski definition) is 1. The van der Waals surface area contributed by atoms with Gasteiger partial charge >= 0.3 is 0 Å². The fourth-order valence-electron chi connectivity index (χ4n) is 3.14. The largest absolute Gasteiger partial charge is 0.324 e. The number of sulfonamides is 1. The van der Waals surface area contributed by atoms with Gasteiger partial charge in [-0.15, -0.1) is 0 Å². The first kappa shape index (κ1) is 18.9. The first-order valence-corrected chi connectivity index (χ1v) is 10.4. The first-order valence-electron chi connectivity index (χ1n) is 8.54. The summed E-state index contributed by atoms with van der Waals surface area (Å²) in [6, 6.07) is 12.8. The summed E-state index contributed by atoms with van der Waals surface area (Å²) in [6.45, 7) is 2.15. The van der Waals surface area contributed by atoms with E-state index in [4.69, 9.17) is 11.6 Å². The molecule has 0 bridgehead atoms. The number of hydrogen-bond acceptors (Lipinski definition) is 3. The van der Waals surface area contributed by atoms with Gasteiger partial charge in [-0.3, -0.25) is 4.79 Å². The fraction of sp³-hybridized carbons (Fsp3) is 0.316. The van der Waals surface area contributed by atoms with Crippen molar-refractivity contribution in [3.63, 3.8) is 0 Å². The number of piperidine rings is 1. The second kappa shape index (κ2) is 7.78. The zero-order valence-electron chi connectivity index (χ0n) is 14.5. The van der Waals surface area contributed by atoms with Crippen LogP contribution in [0.2, 0.25) is 5.02 Å². The summed E-state index contributed by atoms with van der Waals surface area (Å²) in [5.41, 5.74) is 1.36. The van der Waals surface area contributed by atoms with Crippen molar-refractivity contribution in [1.29, 1.82) is 0 Å². The Labute approximate surface area is 159 Å². The molecule has 3 rings (SSSR count). The number of anilines is 1. The summed E-state index contributed by atoms with van der Waals surface area (Å²) in [5.74, 6) is -0.324. The molecule has 0 aliphatic carbocycles. The first-order chi connectivity index (χ1) is 12.4. The van der Waals surface area contributed by atoms with Crippen LogP contribution in [0.25, 0.3) is 0 Å². The Balaban J connectivity index is 1.87. The van der Waals surface area contributed by atoms with Crippen LogP contribution in [0.3, 0.4) is 0 Å². The number of carbonyl (C=O) groups is 1. The topological polar surface area (TPSA) is 66.5 Å². The molecule has 1 heterocycles. The van der Waals surface area contributed by atoms with Crippen LogP contribution in [0.5, 0.6) is 0 Å². The van der Waals surface area contributed by atoms with Gasteiger partial charge in [0.2, 0.25) is 15.9 Å². The van der Waals surface area contributed by atoms with Crippen LogP contribution in [0, 0.1) is 6.92 Å². The number of nitrogens with zero attached hydrogens (tertiary/aromatic N) is 1. The van der Waals surface area contributed by atoms with E-state index in [0.717, 1.165) is 18.4 Å². The minimum absolute atomic E-state index is 0.207. The van der Waals surface area contributed by atoms with Gasteiger partial charge in [-0.2, -0.15) is 4.31 Å². The molecule has 0 radical (unpaired) electrons. The third kappa shape index (κ3) is 3.77. The lowest BCUT2D eigenvalue weighted by atomic mass is 10.0. The minimum Gasteiger partial charge on any atom is -0.324 e. The van der Waals surface area contributed by atoms with E-state index in [1.54, 1.807) is 48.5 Å². The highest BCUT2D eigenvalue weighted by Crippen LogP contribution is 2.28. The van der Waals surface area contributed by atoms with Gasteiger partial charge in [-0.05, 0) is 49.6 Å². The van der Waals surface area contributed by atoms with Crippen LogP contribution >= 0.6 is 11.6 Å². The van der Waals surface area contributed by atoms with Crippen molar-refractivity contribution in [1.82, 2.24) is 4.31 Å². The molecular formula is C19H21ClN2O3S. The minimum atomic E-state index is -3.72. The van der Waals surface area contributed by atoms with E-state index in [0.29, 0.717) is 23.7 Å². The SMILES string of the molecule is Cc1c(Cl)cccc1NC(=O)C1CCCCN1S(=O)(=O)c1ccccc1. The maximum absolute atomic E-state index is 13.0. The number of nitrogens with one attached hydrogen (secondary N) is 1. The quantitative estimate of drug-likeness (QED) is 0.859. The van der Waals surface area contributed by atoms with Gasteiger partial charge in [0.15, 0.2) is 0 Å². The van der Waals surface area contributed by atoms with Gasteiger partial charge in [0.05, 0.1) is 4.90 Å². The molecule has 138 valence electrons. The lowest BCUT2D eigenvalue weighted by Gasteiger charge is -2.33. The number of amides is 1. The molecule has 0 aromatic heterocycles. The van der Waals surface area contributed by atoms with Crippen molar-refractivity contribution in [2.24, 2.45) is 0 Å². The van der Waals surface area contributed by atoms with Gasteiger partial charge in [-0.1, -0.05) is 42.3 Å². The average molecular weight is 393 g/mol. The second-order valence-corrected chi connectivity index (χ2v) is 8.64. The molecule has 2 aromatic rings. The van der Waals surface area contributed by atoms with Gasteiger partial charge in [-0.25, -0.2) is 8.42 Å². The molecule has 1 unspecified atom stereocenters. The summed E-state index contributed by atoms with van der Waals surface area (Å²) in [5, 5.41) is 3.40. The van der Waals surface area contributed by atoms with E-state index >= 15 is 0 Å². The summed E-state index contributed by atoms with van der Waals surface area (Å²) in [7, 11) is -3.72. The molecule has 1 aliphatic rings. The molecule has 0 saturated carbocycles. The normalized spacial score (nSPS) is 18.5. The highest BCUT2D eigenvalue weighted by Gasteiger charge is 2.37. The Morgan fingerprint density at radius 3 is 2.58 bits per heavy atom. The van der Waals surface area contributed by atoms with Crippen molar-refractivity contribution in [3.8, 4) is 0 Å². The smallest absolute Gasteiger partial charge is 0.243 e. The van der Waals surface area contributed by atoms with Crippen LogP contribution < -0.4 is 5.32 Å². The van der Waals surface area contributed by atoms with Crippen molar-refractivity contribution in [2.75, 3.05) is 11.9 Å². The molecule has 1 aliphatic heterocycles. The molecule has 1 saturated heterocycles. The van der Waals surface area contributed by atoms with Crippen LogP contribution in [0.4, 0.5) is 5.69 Å². The Bertz CT molecular complexity index is 900. The number of carbonyl (C=O) groups excluding carboxylic acids is 1. The lowest BCUT2D eigenvalue weighted by Crippen LogP contribution is -2.49. The molecule has 0 spiro atoms. The average Bonchev–Trinajstić information content (AvgIpc) is 2.66. The predicted octanol–water partition coefficient (Wildman–Crippen LogP) is 3.83. The lowest BCUT2D eigenvalue weighted by molar-refractivity contribution is -0.120. The Morgan fingerprint density at radius 1 is 1.12 bits per heavy atom. The Morgan fingerprint density at radius 2 is 1.85 bits per heavy atom. The van der Waals surface area contributed by atoms with Gasteiger partial charge < -0.3 is 5.32 Å². The molecule has 1 fully saturated rings. The van der Waals surface area contributed by atoms with Crippen LogP contribution in [-0.2, 0) is 14.8 Å². The molecule has 5 nitrogen and oxygen atoms in total. The Hall–Kier alpha value is -1.89. The highest BCUT2D eigenvalue weighted by atomic mass is 35.5. The maximum atomic E-state index is 13.0. The van der Waals surface area contributed by atoms with E-state index in [2.05, 4.69) is 5.32 Å². The molecule has 2 aromatic carbocycles. The number of halogens is 1. The summed E-state index contributed by atoms with van der Waals surface area (Å²) in [4.78, 5) is 13.1. The summed E-state index contributed by atoms with van der Waals surface area (Å²) >= 11 is 6.11. The molecule has 1 N–H and O–H groups in total. The van der Waals surface area contributed by atoms with E-state index < -0.39 is 16.1 Å². The molecule has 7 heteroatoms. The van der Waals surface area contributed by atoms with Crippen molar-refractivity contribution in [2.45, 2.75) is 37.1 Å². The van der Waals surface area contributed by atoms with E-state index in [1.807, 2.05) is 6.92 Å². The zero-order valence-corrected chi connectivity index (χ0v) is 16.1. The highest BCUT2D eigenvalue weighted by molar-refractivity contribution is 7.89. The predicted molar refractivity (Wildman–Crippen MR) is 103 cm³/mol. The third-order valence-electron chi connectivity index (χ3n) is 4.63. The van der Waals surface area contributed by atoms with E-state index in [-0.39, 0.29) is 10.8 Å². The summed E-state index contributed by atoms with van der Waals surface area (Å²) in [6.07, 6.45) is 2.05. The molecule has 1 atom stereocenters. The monoisotopic (exact) mass is 392 g/mol. The zero-order chi connectivity index (χ0) is 18.7. The van der Waals surface area contributed by atoms with Gasteiger partial charge in [0, 0.05) is 17.3 Å². The van der Waals surface area contributed by atoms with E-state index in [9.17, 15) is 13.2 Å². The Kier molecular flexibility index (Phi) is 5.65. The number of rotatable bonds is 4. The van der Waals surface area contributed by atoms with Crippen LogP contribution in [0.15, 0.2) is 53.4 Å². The second-order valence-electron chi connectivity index (χ2n) is 6.34. The maximum Gasteiger partial charge on any atom is 0.243 e. The van der Waals surface area contributed by atoms with Crippen molar-refractivity contribution >= 4 is 33.2 Å². The summed E-state index contributed by atoms with van der Waals surface area (Å²) < 4.78 is 27.3. The third-order valence-corrected chi connectivity index (χ3v) is 6.96. The van der Waals surface area contributed by atoms with E-state index in [1.165, 1.54) is 4.31 Å². The number of benzene rings is 2. The van der Waals surface area contributed by atoms with Crippen molar-refractivity contribution in [3.05, 3.63) is 59.1 Å². The van der Waals surface area contributed by atoms with Crippen LogP contribution in [-0.4, -0.2) is 31.2 Å².